The highest BCUT2D eigenvalue weighted by molar-refractivity contribution is 7.90. The minimum absolute atomic E-state index is 0.251. The number of hydrogen-bond donors (Lipinski definition) is 0. The van der Waals surface area contributed by atoms with Gasteiger partial charge in [-0.15, -0.1) is 0 Å². The quantitative estimate of drug-likeness (QED) is 0.611. The Morgan fingerprint density at radius 3 is 1.82 bits per heavy atom. The molecular weight excluding hydrogens is 179 g/mol. The molecule has 0 bridgehead atoms. The summed E-state index contributed by atoms with van der Waals surface area (Å²) in [5.74, 6) is 0.414. The number of halogens is 1. The van der Waals surface area contributed by atoms with Crippen LogP contribution in [0.25, 0.3) is 0 Å². The lowest BCUT2D eigenvalue weighted by molar-refractivity contribution is 0.551. The predicted molar refractivity (Wildman–Crippen MR) is 52.9 cm³/mol. The van der Waals surface area contributed by atoms with Crippen molar-refractivity contribution < 1.29 is 4.57 Å². The molecule has 3 heteroatoms. The van der Waals surface area contributed by atoms with Gasteiger partial charge in [0, 0.05) is 11.3 Å². The van der Waals surface area contributed by atoms with E-state index in [-0.39, 0.29) is 5.16 Å². The normalized spacial score (nSPS) is 18.5. The van der Waals surface area contributed by atoms with Crippen molar-refractivity contribution in [3.63, 3.8) is 0 Å². The van der Waals surface area contributed by atoms with Crippen molar-refractivity contribution >= 4 is 17.7 Å². The summed E-state index contributed by atoms with van der Waals surface area (Å²) in [5.41, 5.74) is 0. The number of hydrogen-bond acceptors (Lipinski definition) is 1. The van der Waals surface area contributed by atoms with Gasteiger partial charge in [-0.3, -0.25) is 0 Å². The topological polar surface area (TPSA) is 17.1 Å². The van der Waals surface area contributed by atoms with Gasteiger partial charge in [0.05, 0.1) is 0 Å². The summed E-state index contributed by atoms with van der Waals surface area (Å²) < 4.78 is 11.8. The number of rotatable bonds is 2. The molecule has 0 aliphatic heterocycles. The zero-order valence-corrected chi connectivity index (χ0v) is 9.67. The average Bonchev–Trinajstić information content (AvgIpc) is 1.56. The van der Waals surface area contributed by atoms with E-state index in [1.807, 2.05) is 34.6 Å². The fourth-order valence-electron chi connectivity index (χ4n) is 0.744. The van der Waals surface area contributed by atoms with Gasteiger partial charge >= 0.3 is 0 Å². The highest BCUT2D eigenvalue weighted by atomic mass is 35.7. The Hall–Kier alpha value is 0.520. The molecule has 11 heavy (non-hydrogen) atoms. The first-order chi connectivity index (χ1) is 4.67. The van der Waals surface area contributed by atoms with Gasteiger partial charge in [0.2, 0.25) is 0 Å². The Labute approximate surface area is 74.7 Å². The molecule has 68 valence electrons. The van der Waals surface area contributed by atoms with E-state index in [0.717, 1.165) is 0 Å². The van der Waals surface area contributed by atoms with E-state index in [4.69, 9.17) is 11.2 Å². The molecule has 1 nitrogen and oxygen atoms in total. The van der Waals surface area contributed by atoms with Gasteiger partial charge in [-0.2, -0.15) is 0 Å². The molecule has 0 aliphatic carbocycles. The lowest BCUT2D eigenvalue weighted by Gasteiger charge is -2.26. The lowest BCUT2D eigenvalue weighted by Crippen LogP contribution is -2.15. The van der Waals surface area contributed by atoms with Gasteiger partial charge in [0.1, 0.15) is 0 Å². The van der Waals surface area contributed by atoms with E-state index in [9.17, 15) is 4.57 Å². The fourth-order valence-corrected chi connectivity index (χ4v) is 3.06. The second-order valence-corrected chi connectivity index (χ2v) is 9.05. The molecule has 0 aromatic carbocycles. The molecule has 0 saturated heterocycles. The maximum Gasteiger partial charge on any atom is 0.174 e. The van der Waals surface area contributed by atoms with Gasteiger partial charge in [-0.25, -0.2) is 0 Å². The van der Waals surface area contributed by atoms with Crippen LogP contribution in [-0.2, 0) is 4.57 Å². The summed E-state index contributed by atoms with van der Waals surface area (Å²) in [6.07, 6.45) is 0.637. The molecule has 0 spiro atoms. The molecule has 1 atom stereocenters. The molecule has 0 aromatic heterocycles. The van der Waals surface area contributed by atoms with Crippen LogP contribution >= 0.6 is 17.7 Å². The first-order valence-corrected chi connectivity index (χ1v) is 6.75. The van der Waals surface area contributed by atoms with Crippen molar-refractivity contribution in [2.45, 2.75) is 39.8 Å². The molecule has 1 unspecified atom stereocenters. The van der Waals surface area contributed by atoms with Crippen molar-refractivity contribution in [3.8, 4) is 0 Å². The summed E-state index contributed by atoms with van der Waals surface area (Å²) in [4.78, 5) is 0. The molecule has 0 aliphatic rings. The van der Waals surface area contributed by atoms with Crippen molar-refractivity contribution in [1.82, 2.24) is 0 Å². The van der Waals surface area contributed by atoms with Crippen LogP contribution in [0.1, 0.15) is 34.6 Å². The first kappa shape index (κ1) is 11.5. The highest BCUT2D eigenvalue weighted by Gasteiger charge is 2.34. The highest BCUT2D eigenvalue weighted by Crippen LogP contribution is 2.63. The van der Waals surface area contributed by atoms with Crippen molar-refractivity contribution in [1.29, 1.82) is 0 Å². The zero-order valence-electron chi connectivity index (χ0n) is 8.02. The predicted octanol–water partition coefficient (Wildman–Crippen LogP) is 3.96. The molecule has 0 radical (unpaired) electrons. The largest absolute Gasteiger partial charge is 0.306 e. The van der Waals surface area contributed by atoms with Gasteiger partial charge < -0.3 is 4.57 Å². The van der Waals surface area contributed by atoms with Crippen LogP contribution in [-0.4, -0.2) is 11.3 Å². The smallest absolute Gasteiger partial charge is 0.174 e. The third-order valence-corrected chi connectivity index (χ3v) is 6.74. The summed E-state index contributed by atoms with van der Waals surface area (Å²) in [6.45, 7) is 7.43. The van der Waals surface area contributed by atoms with E-state index in [1.54, 1.807) is 0 Å². The van der Waals surface area contributed by atoms with Crippen LogP contribution in [0, 0.1) is 5.92 Å². The molecule has 0 N–H and O–H groups in total. The van der Waals surface area contributed by atoms with E-state index < -0.39 is 6.49 Å². The zero-order chi connectivity index (χ0) is 9.28. The van der Waals surface area contributed by atoms with Crippen molar-refractivity contribution in [2.75, 3.05) is 6.16 Å². The van der Waals surface area contributed by atoms with Crippen LogP contribution in [0.4, 0.5) is 0 Å². The molecule has 0 amide bonds. The third-order valence-electron chi connectivity index (χ3n) is 1.60. The Balaban J connectivity index is 4.36. The van der Waals surface area contributed by atoms with Crippen molar-refractivity contribution in [3.05, 3.63) is 0 Å². The SMILES string of the molecule is CC(C)CP(=O)(Cl)C(C)(C)C. The summed E-state index contributed by atoms with van der Waals surface area (Å²) in [5, 5.41) is -0.251. The Morgan fingerprint density at radius 2 is 1.73 bits per heavy atom. The Kier molecular flexibility index (Phi) is 3.66. The summed E-state index contributed by atoms with van der Waals surface area (Å²) >= 11 is 5.96. The van der Waals surface area contributed by atoms with Gasteiger partial charge in [-0.1, -0.05) is 45.9 Å². The second kappa shape index (κ2) is 3.49. The van der Waals surface area contributed by atoms with Crippen LogP contribution < -0.4 is 0 Å². The fraction of sp³-hybridized carbons (Fsp3) is 1.00. The van der Waals surface area contributed by atoms with E-state index in [0.29, 0.717) is 12.1 Å². The minimum atomic E-state index is -2.46. The molecule has 0 saturated carbocycles. The van der Waals surface area contributed by atoms with Crippen LogP contribution in [0.2, 0.25) is 0 Å². The molecule has 0 heterocycles. The minimum Gasteiger partial charge on any atom is -0.306 e. The van der Waals surface area contributed by atoms with Gasteiger partial charge in [0.15, 0.2) is 6.49 Å². The van der Waals surface area contributed by atoms with Crippen molar-refractivity contribution in [2.24, 2.45) is 5.92 Å². The molecule has 0 fully saturated rings. The molecule has 0 rings (SSSR count). The van der Waals surface area contributed by atoms with Crippen LogP contribution in [0.5, 0.6) is 0 Å². The van der Waals surface area contributed by atoms with Gasteiger partial charge in [-0.05, 0) is 5.92 Å². The van der Waals surface area contributed by atoms with Crippen LogP contribution in [0.3, 0.4) is 0 Å². The maximum absolute atomic E-state index is 11.8. The molecular formula is C8H18ClOP. The maximum atomic E-state index is 11.8. The summed E-state index contributed by atoms with van der Waals surface area (Å²) in [7, 11) is 0. The van der Waals surface area contributed by atoms with E-state index in [2.05, 4.69) is 0 Å². The monoisotopic (exact) mass is 196 g/mol. The third kappa shape index (κ3) is 3.62. The second-order valence-electron chi connectivity index (χ2n) is 4.40. The Bertz CT molecular complexity index is 169. The van der Waals surface area contributed by atoms with E-state index >= 15 is 0 Å². The van der Waals surface area contributed by atoms with Gasteiger partial charge in [0.25, 0.3) is 0 Å². The standard InChI is InChI=1S/C8H18ClOP/c1-7(2)6-11(9,10)8(3,4)5/h7H,6H2,1-5H3. The molecule has 0 aromatic rings. The first-order valence-electron chi connectivity index (χ1n) is 3.95. The average molecular weight is 197 g/mol. The van der Waals surface area contributed by atoms with E-state index in [1.165, 1.54) is 0 Å². The lowest BCUT2D eigenvalue weighted by atomic mass is 10.2. The van der Waals surface area contributed by atoms with Crippen LogP contribution in [0.15, 0.2) is 0 Å². The Morgan fingerprint density at radius 1 is 1.36 bits per heavy atom. The summed E-state index contributed by atoms with van der Waals surface area (Å²) in [6, 6.07) is 0.